The average Bonchev–Trinajstić information content (AvgIpc) is 3.20. The minimum Gasteiger partial charge on any atom is -0.353 e. The first-order valence-electron chi connectivity index (χ1n) is 7.00. The van der Waals surface area contributed by atoms with Gasteiger partial charge in [0.2, 0.25) is 5.91 Å². The summed E-state index contributed by atoms with van der Waals surface area (Å²) in [5.41, 5.74) is 1.19. The molecule has 2 aliphatic rings. The molecule has 1 aromatic carbocycles. The molecule has 19 heavy (non-hydrogen) atoms. The number of benzene rings is 1. The fraction of sp³-hybridized carbons (Fsp3) is 0.533. The molecule has 102 valence electrons. The lowest BCUT2D eigenvalue weighted by Gasteiger charge is -2.23. The molecule has 0 spiro atoms. The zero-order chi connectivity index (χ0) is 13.2. The summed E-state index contributed by atoms with van der Waals surface area (Å²) < 4.78 is 0. The summed E-state index contributed by atoms with van der Waals surface area (Å²) in [7, 11) is 0. The predicted molar refractivity (Wildman–Crippen MR) is 76.3 cm³/mol. The van der Waals surface area contributed by atoms with E-state index in [1.807, 2.05) is 18.2 Å². The van der Waals surface area contributed by atoms with Crippen LogP contribution in [0.2, 0.25) is 5.02 Å². The van der Waals surface area contributed by atoms with Gasteiger partial charge in [-0.1, -0.05) is 23.7 Å². The van der Waals surface area contributed by atoms with E-state index in [1.165, 1.54) is 5.56 Å². The van der Waals surface area contributed by atoms with E-state index >= 15 is 0 Å². The van der Waals surface area contributed by atoms with Gasteiger partial charge in [0.1, 0.15) is 0 Å². The maximum atomic E-state index is 12.2. The Morgan fingerprint density at radius 3 is 2.84 bits per heavy atom. The summed E-state index contributed by atoms with van der Waals surface area (Å²) in [6.07, 6.45) is 3.04. The van der Waals surface area contributed by atoms with Crippen LogP contribution in [0.25, 0.3) is 0 Å². The Hall–Kier alpha value is -1.06. The van der Waals surface area contributed by atoms with Gasteiger partial charge in [0.25, 0.3) is 0 Å². The lowest BCUT2D eigenvalue weighted by atomic mass is 10.1. The zero-order valence-corrected chi connectivity index (χ0v) is 11.6. The van der Waals surface area contributed by atoms with Crippen LogP contribution in [0.4, 0.5) is 0 Å². The van der Waals surface area contributed by atoms with Crippen LogP contribution in [0.15, 0.2) is 24.3 Å². The van der Waals surface area contributed by atoms with E-state index in [1.54, 1.807) is 0 Å². The molecular weight excluding hydrogens is 260 g/mol. The molecule has 4 heteroatoms. The third-order valence-electron chi connectivity index (χ3n) is 4.09. The van der Waals surface area contributed by atoms with Crippen LogP contribution in [0.3, 0.4) is 0 Å². The van der Waals surface area contributed by atoms with Gasteiger partial charge in [-0.3, -0.25) is 4.79 Å². The van der Waals surface area contributed by atoms with Crippen molar-refractivity contribution in [2.24, 2.45) is 5.92 Å². The van der Waals surface area contributed by atoms with Gasteiger partial charge in [0.05, 0.1) is 0 Å². The largest absolute Gasteiger partial charge is 0.353 e. The zero-order valence-electron chi connectivity index (χ0n) is 10.9. The number of halogens is 1. The second-order valence-electron chi connectivity index (χ2n) is 5.54. The topological polar surface area (TPSA) is 41.1 Å². The molecule has 1 heterocycles. The van der Waals surface area contributed by atoms with Gasteiger partial charge in [-0.05, 0) is 56.0 Å². The van der Waals surface area contributed by atoms with Crippen LogP contribution >= 0.6 is 11.6 Å². The van der Waals surface area contributed by atoms with Crippen molar-refractivity contribution in [3.8, 4) is 0 Å². The summed E-state index contributed by atoms with van der Waals surface area (Å²) in [4.78, 5) is 12.2. The molecule has 2 N–H and O–H groups in total. The maximum Gasteiger partial charge on any atom is 0.223 e. The first-order valence-corrected chi connectivity index (χ1v) is 7.38. The Morgan fingerprint density at radius 2 is 2.11 bits per heavy atom. The second kappa shape index (κ2) is 5.51. The molecule has 0 bridgehead atoms. The number of amides is 1. The first kappa shape index (κ1) is 12.9. The van der Waals surface area contributed by atoms with Crippen molar-refractivity contribution >= 4 is 17.5 Å². The molecular formula is C15H19ClN2O. The highest BCUT2D eigenvalue weighted by Gasteiger charge is 2.44. The highest BCUT2D eigenvalue weighted by molar-refractivity contribution is 6.30. The Kier molecular flexibility index (Phi) is 3.76. The molecule has 1 aliphatic heterocycles. The third kappa shape index (κ3) is 3.10. The average molecular weight is 279 g/mol. The van der Waals surface area contributed by atoms with Crippen LogP contribution in [0.5, 0.6) is 0 Å². The van der Waals surface area contributed by atoms with Crippen molar-refractivity contribution < 1.29 is 4.79 Å². The lowest BCUT2D eigenvalue weighted by Crippen LogP contribution is -2.43. The van der Waals surface area contributed by atoms with Gasteiger partial charge in [0, 0.05) is 17.0 Å². The normalized spacial score (nSPS) is 27.0. The van der Waals surface area contributed by atoms with E-state index in [9.17, 15) is 4.79 Å². The molecule has 3 rings (SSSR count). The molecule has 0 aromatic heterocycles. The molecule has 1 amide bonds. The van der Waals surface area contributed by atoms with Gasteiger partial charge < -0.3 is 10.6 Å². The summed E-state index contributed by atoms with van der Waals surface area (Å²) in [5, 5.41) is 7.24. The fourth-order valence-electron chi connectivity index (χ4n) is 2.86. The van der Waals surface area contributed by atoms with E-state index in [0.29, 0.717) is 12.0 Å². The maximum absolute atomic E-state index is 12.2. The van der Waals surface area contributed by atoms with Gasteiger partial charge in [0.15, 0.2) is 0 Å². The molecule has 1 saturated heterocycles. The van der Waals surface area contributed by atoms with E-state index in [-0.39, 0.29) is 11.8 Å². The Bertz CT molecular complexity index is 471. The number of carbonyl (C=O) groups excluding carboxylic acids is 1. The highest BCUT2D eigenvalue weighted by Crippen LogP contribution is 2.48. The summed E-state index contributed by atoms with van der Waals surface area (Å²) in [6, 6.07) is 8.22. The van der Waals surface area contributed by atoms with Gasteiger partial charge in [-0.2, -0.15) is 0 Å². The highest BCUT2D eigenvalue weighted by atomic mass is 35.5. The second-order valence-corrected chi connectivity index (χ2v) is 5.97. The smallest absolute Gasteiger partial charge is 0.223 e. The number of hydrogen-bond acceptors (Lipinski definition) is 2. The van der Waals surface area contributed by atoms with E-state index in [4.69, 9.17) is 11.6 Å². The van der Waals surface area contributed by atoms with E-state index in [2.05, 4.69) is 16.7 Å². The Morgan fingerprint density at radius 1 is 1.32 bits per heavy atom. The van der Waals surface area contributed by atoms with Crippen LogP contribution in [0, 0.1) is 5.92 Å². The standard InChI is InChI=1S/C15H19ClN2O/c16-11-3-1-2-10(8-11)13-9-14(13)15(19)18-12-4-6-17-7-5-12/h1-3,8,12-14,17H,4-7,9H2,(H,18,19). The molecule has 1 aromatic rings. The van der Waals surface area contributed by atoms with E-state index in [0.717, 1.165) is 37.4 Å². The Labute approximate surface area is 118 Å². The van der Waals surface area contributed by atoms with Crippen molar-refractivity contribution in [2.45, 2.75) is 31.2 Å². The number of hydrogen-bond donors (Lipinski definition) is 2. The molecule has 2 fully saturated rings. The van der Waals surface area contributed by atoms with Crippen LogP contribution in [0.1, 0.15) is 30.7 Å². The minimum atomic E-state index is 0.147. The van der Waals surface area contributed by atoms with Crippen molar-refractivity contribution in [3.05, 3.63) is 34.9 Å². The molecule has 1 saturated carbocycles. The molecule has 2 unspecified atom stereocenters. The number of carbonyl (C=O) groups is 1. The molecule has 3 nitrogen and oxygen atoms in total. The number of piperidine rings is 1. The van der Waals surface area contributed by atoms with Crippen molar-refractivity contribution in [3.63, 3.8) is 0 Å². The SMILES string of the molecule is O=C(NC1CCNCC1)C1CC1c1cccc(Cl)c1. The van der Waals surface area contributed by atoms with Gasteiger partial charge in [-0.15, -0.1) is 0 Å². The van der Waals surface area contributed by atoms with Gasteiger partial charge in [-0.25, -0.2) is 0 Å². The number of nitrogens with one attached hydrogen (secondary N) is 2. The third-order valence-corrected chi connectivity index (χ3v) is 4.32. The Balaban J connectivity index is 1.55. The monoisotopic (exact) mass is 278 g/mol. The predicted octanol–water partition coefficient (Wildman–Crippen LogP) is 2.31. The van der Waals surface area contributed by atoms with Crippen LogP contribution in [-0.4, -0.2) is 25.0 Å². The fourth-order valence-corrected chi connectivity index (χ4v) is 3.06. The van der Waals surface area contributed by atoms with Crippen molar-refractivity contribution in [1.82, 2.24) is 10.6 Å². The van der Waals surface area contributed by atoms with E-state index < -0.39 is 0 Å². The van der Waals surface area contributed by atoms with Crippen molar-refractivity contribution in [2.75, 3.05) is 13.1 Å². The summed E-state index contributed by atoms with van der Waals surface area (Å²) in [5.74, 6) is 0.727. The van der Waals surface area contributed by atoms with Gasteiger partial charge >= 0.3 is 0 Å². The summed E-state index contributed by atoms with van der Waals surface area (Å²) in [6.45, 7) is 2.01. The summed E-state index contributed by atoms with van der Waals surface area (Å²) >= 11 is 5.99. The van der Waals surface area contributed by atoms with Crippen LogP contribution < -0.4 is 10.6 Å². The van der Waals surface area contributed by atoms with Crippen LogP contribution in [-0.2, 0) is 4.79 Å². The quantitative estimate of drug-likeness (QED) is 0.891. The molecule has 1 aliphatic carbocycles. The molecule has 0 radical (unpaired) electrons. The van der Waals surface area contributed by atoms with Crippen molar-refractivity contribution in [1.29, 1.82) is 0 Å². The minimum absolute atomic E-state index is 0.147. The molecule has 2 atom stereocenters. The lowest BCUT2D eigenvalue weighted by molar-refractivity contribution is -0.123. The first-order chi connectivity index (χ1) is 9.24. The number of rotatable bonds is 3.